The van der Waals surface area contributed by atoms with Crippen molar-refractivity contribution in [1.82, 2.24) is 10.3 Å². The lowest BCUT2D eigenvalue weighted by atomic mass is 9.97. The van der Waals surface area contributed by atoms with Crippen molar-refractivity contribution in [2.75, 3.05) is 11.9 Å². The first-order valence-corrected chi connectivity index (χ1v) is 6.33. The van der Waals surface area contributed by atoms with Crippen molar-refractivity contribution in [2.45, 2.75) is 20.8 Å². The van der Waals surface area contributed by atoms with Crippen LogP contribution in [-0.2, 0) is 0 Å². The molecule has 1 aromatic heterocycles. The summed E-state index contributed by atoms with van der Waals surface area (Å²) in [4.78, 5) is 15.8. The third-order valence-corrected chi connectivity index (χ3v) is 3.78. The van der Waals surface area contributed by atoms with E-state index in [2.05, 4.69) is 40.1 Å². The second-order valence-corrected chi connectivity index (χ2v) is 5.23. The van der Waals surface area contributed by atoms with E-state index >= 15 is 0 Å². The molecule has 1 heterocycles. The van der Waals surface area contributed by atoms with Crippen molar-refractivity contribution < 1.29 is 4.79 Å². The van der Waals surface area contributed by atoms with Gasteiger partial charge in [-0.1, -0.05) is 29.8 Å². The van der Waals surface area contributed by atoms with E-state index in [4.69, 9.17) is 0 Å². The molecule has 4 heteroatoms. The van der Waals surface area contributed by atoms with Gasteiger partial charge in [-0.05, 0) is 24.5 Å². The van der Waals surface area contributed by atoms with Crippen molar-refractivity contribution in [3.8, 4) is 0 Å². The number of pyridine rings is 1. The van der Waals surface area contributed by atoms with E-state index in [1.165, 1.54) is 0 Å². The maximum absolute atomic E-state index is 11.8. The van der Waals surface area contributed by atoms with Crippen LogP contribution in [0.25, 0.3) is 0 Å². The average Bonchev–Trinajstić information content (AvgIpc) is 2.27. The van der Waals surface area contributed by atoms with Gasteiger partial charge in [-0.2, -0.15) is 0 Å². The van der Waals surface area contributed by atoms with E-state index in [1.807, 2.05) is 13.0 Å². The largest absolute Gasteiger partial charge is 0.351 e. The van der Waals surface area contributed by atoms with Gasteiger partial charge < -0.3 is 5.32 Å². The molecular weight excluding hydrogens is 268 g/mol. The highest BCUT2D eigenvalue weighted by molar-refractivity contribution is 9.09. The number of amides is 1. The Balaban J connectivity index is 2.56. The van der Waals surface area contributed by atoms with Crippen LogP contribution in [0.1, 0.15) is 29.9 Å². The minimum atomic E-state index is -0.0680. The summed E-state index contributed by atoms with van der Waals surface area (Å²) in [5, 5.41) is 3.75. The standard InChI is InChI=1S/C12H17BrN2O/c1-9-4-5-10(6-14-9)11(16)15-8-12(2,3)7-13/h4-6H,7-8H2,1-3H3,(H,15,16). The molecule has 0 aliphatic rings. The summed E-state index contributed by atoms with van der Waals surface area (Å²) in [5.74, 6) is -0.0680. The molecule has 0 unspecified atom stereocenters. The molecule has 1 amide bonds. The molecule has 1 rings (SSSR count). The zero-order valence-electron chi connectivity index (χ0n) is 9.88. The van der Waals surface area contributed by atoms with Gasteiger partial charge in [0.15, 0.2) is 0 Å². The lowest BCUT2D eigenvalue weighted by molar-refractivity contribution is 0.0940. The molecular formula is C12H17BrN2O. The van der Waals surface area contributed by atoms with Crippen LogP contribution in [0.3, 0.4) is 0 Å². The van der Waals surface area contributed by atoms with E-state index in [9.17, 15) is 4.79 Å². The van der Waals surface area contributed by atoms with Gasteiger partial charge in [0, 0.05) is 23.8 Å². The number of aryl methyl sites for hydroxylation is 1. The van der Waals surface area contributed by atoms with Gasteiger partial charge in [0.2, 0.25) is 0 Å². The third-order valence-electron chi connectivity index (χ3n) is 2.26. The predicted octanol–water partition coefficient (Wildman–Crippen LogP) is 2.54. The van der Waals surface area contributed by atoms with Gasteiger partial charge in [0.25, 0.3) is 5.91 Å². The fraction of sp³-hybridized carbons (Fsp3) is 0.500. The number of hydrogen-bond acceptors (Lipinski definition) is 2. The summed E-state index contributed by atoms with van der Waals surface area (Å²) in [7, 11) is 0. The van der Waals surface area contributed by atoms with Crippen LogP contribution in [0, 0.1) is 12.3 Å². The molecule has 1 N–H and O–H groups in total. The molecule has 0 atom stereocenters. The highest BCUT2D eigenvalue weighted by Gasteiger charge is 2.17. The number of carbonyl (C=O) groups is 1. The van der Waals surface area contributed by atoms with Crippen molar-refractivity contribution in [3.63, 3.8) is 0 Å². The molecule has 0 fully saturated rings. The number of aromatic nitrogens is 1. The van der Waals surface area contributed by atoms with Crippen molar-refractivity contribution in [3.05, 3.63) is 29.6 Å². The summed E-state index contributed by atoms with van der Waals surface area (Å²) in [6.45, 7) is 6.73. The monoisotopic (exact) mass is 284 g/mol. The summed E-state index contributed by atoms with van der Waals surface area (Å²) < 4.78 is 0. The minimum absolute atomic E-state index is 0.0633. The van der Waals surface area contributed by atoms with E-state index in [1.54, 1.807) is 12.3 Å². The number of nitrogens with zero attached hydrogens (tertiary/aromatic N) is 1. The number of hydrogen-bond donors (Lipinski definition) is 1. The molecule has 0 bridgehead atoms. The number of carbonyl (C=O) groups excluding carboxylic acids is 1. The lowest BCUT2D eigenvalue weighted by Gasteiger charge is -2.21. The van der Waals surface area contributed by atoms with Crippen LogP contribution >= 0.6 is 15.9 Å². The van der Waals surface area contributed by atoms with Crippen LogP contribution in [0.15, 0.2) is 18.3 Å². The first-order valence-electron chi connectivity index (χ1n) is 5.21. The molecule has 3 nitrogen and oxygen atoms in total. The molecule has 0 aliphatic carbocycles. The zero-order valence-corrected chi connectivity index (χ0v) is 11.5. The molecule has 0 spiro atoms. The van der Waals surface area contributed by atoms with Crippen LogP contribution in [0.5, 0.6) is 0 Å². The van der Waals surface area contributed by atoms with Crippen molar-refractivity contribution >= 4 is 21.8 Å². The fourth-order valence-electron chi connectivity index (χ4n) is 1.07. The van der Waals surface area contributed by atoms with Crippen molar-refractivity contribution in [1.29, 1.82) is 0 Å². The molecule has 0 saturated heterocycles. The SMILES string of the molecule is Cc1ccc(C(=O)NCC(C)(C)CBr)cn1. The Bertz CT molecular complexity index is 360. The van der Waals surface area contributed by atoms with Gasteiger partial charge in [-0.3, -0.25) is 9.78 Å². The molecule has 0 saturated carbocycles. The first kappa shape index (κ1) is 13.2. The first-order chi connectivity index (χ1) is 7.44. The molecule has 0 aromatic carbocycles. The Labute approximate surface area is 105 Å². The number of nitrogens with one attached hydrogen (secondary N) is 1. The Hall–Kier alpha value is -0.900. The zero-order chi connectivity index (χ0) is 12.2. The number of halogens is 1. The third kappa shape index (κ3) is 3.93. The molecule has 16 heavy (non-hydrogen) atoms. The van der Waals surface area contributed by atoms with Gasteiger partial charge in [0.1, 0.15) is 0 Å². The molecule has 1 aromatic rings. The minimum Gasteiger partial charge on any atom is -0.351 e. The molecule has 0 radical (unpaired) electrons. The lowest BCUT2D eigenvalue weighted by Crippen LogP contribution is -2.34. The van der Waals surface area contributed by atoms with Crippen molar-refractivity contribution in [2.24, 2.45) is 5.41 Å². The number of alkyl halides is 1. The Morgan fingerprint density at radius 2 is 2.19 bits per heavy atom. The number of rotatable bonds is 4. The predicted molar refractivity (Wildman–Crippen MR) is 68.9 cm³/mol. The summed E-state index contributed by atoms with van der Waals surface area (Å²) in [5.41, 5.74) is 1.58. The Morgan fingerprint density at radius 1 is 1.50 bits per heavy atom. The van der Waals surface area contributed by atoms with E-state index in [-0.39, 0.29) is 11.3 Å². The normalized spacial score (nSPS) is 11.2. The van der Waals surface area contributed by atoms with E-state index < -0.39 is 0 Å². The Morgan fingerprint density at radius 3 is 2.69 bits per heavy atom. The quantitative estimate of drug-likeness (QED) is 0.864. The van der Waals surface area contributed by atoms with Gasteiger partial charge >= 0.3 is 0 Å². The van der Waals surface area contributed by atoms with Crippen LogP contribution < -0.4 is 5.32 Å². The topological polar surface area (TPSA) is 42.0 Å². The van der Waals surface area contributed by atoms with Gasteiger partial charge in [0.05, 0.1) is 5.56 Å². The summed E-state index contributed by atoms with van der Waals surface area (Å²) in [6.07, 6.45) is 1.60. The van der Waals surface area contributed by atoms with Gasteiger partial charge in [-0.25, -0.2) is 0 Å². The van der Waals surface area contributed by atoms with Gasteiger partial charge in [-0.15, -0.1) is 0 Å². The molecule has 0 aliphatic heterocycles. The molecule has 88 valence electrons. The summed E-state index contributed by atoms with van der Waals surface area (Å²) in [6, 6.07) is 3.63. The van der Waals surface area contributed by atoms with Crippen LogP contribution in [-0.4, -0.2) is 22.8 Å². The highest BCUT2D eigenvalue weighted by atomic mass is 79.9. The smallest absolute Gasteiger partial charge is 0.252 e. The second-order valence-electron chi connectivity index (χ2n) is 4.67. The van der Waals surface area contributed by atoms with E-state index in [0.717, 1.165) is 11.0 Å². The highest BCUT2D eigenvalue weighted by Crippen LogP contribution is 2.16. The average molecular weight is 285 g/mol. The summed E-state index contributed by atoms with van der Waals surface area (Å²) >= 11 is 3.42. The van der Waals surface area contributed by atoms with Crippen LogP contribution in [0.4, 0.5) is 0 Å². The second kappa shape index (κ2) is 5.43. The maximum atomic E-state index is 11.8. The maximum Gasteiger partial charge on any atom is 0.252 e. The fourth-order valence-corrected chi connectivity index (χ4v) is 1.27. The Kier molecular flexibility index (Phi) is 4.47. The van der Waals surface area contributed by atoms with Crippen LogP contribution in [0.2, 0.25) is 0 Å². The van der Waals surface area contributed by atoms with E-state index in [0.29, 0.717) is 12.1 Å².